The Morgan fingerprint density at radius 2 is 1.57 bits per heavy atom. The number of rotatable bonds is 1. The number of nitrogens with zero attached hydrogens (tertiary/aromatic N) is 1. The maximum atomic E-state index is 4.62. The van der Waals surface area contributed by atoms with Crippen molar-refractivity contribution in [2.75, 3.05) is 0 Å². The van der Waals surface area contributed by atoms with E-state index in [4.69, 9.17) is 0 Å². The van der Waals surface area contributed by atoms with E-state index in [9.17, 15) is 0 Å². The first-order valence-electron chi connectivity index (χ1n) is 7.50. The van der Waals surface area contributed by atoms with E-state index >= 15 is 0 Å². The Labute approximate surface area is 149 Å². The first kappa shape index (κ1) is 15.9. The van der Waals surface area contributed by atoms with Gasteiger partial charge in [0.05, 0.1) is 0 Å². The number of pyridine rings is 1. The molecule has 0 saturated heterocycles. The van der Waals surface area contributed by atoms with Crippen LogP contribution in [0.15, 0.2) is 60.8 Å². The third-order valence-electron chi connectivity index (χ3n) is 4.22. The normalized spacial score (nSPS) is 10.7. The minimum Gasteiger partial charge on any atom is -0.304 e. The first-order chi connectivity index (χ1) is 10.7. The largest absolute Gasteiger partial charge is 0.304 e. The van der Waals surface area contributed by atoms with Gasteiger partial charge in [0.15, 0.2) is 0 Å². The Bertz CT molecular complexity index is 988. The van der Waals surface area contributed by atoms with E-state index in [1.807, 2.05) is 12.3 Å². The number of benzene rings is 3. The van der Waals surface area contributed by atoms with Crippen LogP contribution in [-0.2, 0) is 20.1 Å². The Morgan fingerprint density at radius 3 is 2.30 bits per heavy atom. The first-order valence-corrected chi connectivity index (χ1v) is 7.50. The van der Waals surface area contributed by atoms with E-state index in [-0.39, 0.29) is 20.1 Å². The fraction of sp³-hybridized carbons (Fsp3) is 0.0952. The standard InChI is InChI=1S/C21H16N.Ir/c1-14-7-9-16(10-8-14)21-20-13-15(2)17-5-3-4-6-18(17)19(20)11-12-22-21;/h3-9,11-13H,1-2H3;/q-1;. The summed E-state index contributed by atoms with van der Waals surface area (Å²) < 4.78 is 0. The smallest absolute Gasteiger partial charge is 0.0167 e. The number of aryl methyl sites for hydroxylation is 2. The molecule has 23 heavy (non-hydrogen) atoms. The van der Waals surface area contributed by atoms with Gasteiger partial charge in [-0.3, -0.25) is 0 Å². The molecule has 0 spiro atoms. The van der Waals surface area contributed by atoms with Crippen molar-refractivity contribution in [2.45, 2.75) is 13.8 Å². The fourth-order valence-electron chi connectivity index (χ4n) is 3.07. The van der Waals surface area contributed by atoms with E-state index in [0.717, 1.165) is 11.3 Å². The molecular formula is C21H16IrN-. The van der Waals surface area contributed by atoms with E-state index in [0.29, 0.717) is 0 Å². The molecule has 1 nitrogen and oxygen atoms in total. The van der Waals surface area contributed by atoms with Crippen LogP contribution in [0.4, 0.5) is 0 Å². The Hall–Kier alpha value is -2.02. The molecule has 0 aliphatic rings. The third kappa shape index (κ3) is 2.69. The number of aromatic nitrogens is 1. The maximum absolute atomic E-state index is 4.62. The molecule has 0 bridgehead atoms. The molecular weight excluding hydrogens is 458 g/mol. The predicted molar refractivity (Wildman–Crippen MR) is 93.0 cm³/mol. The van der Waals surface area contributed by atoms with Crippen LogP contribution in [0.5, 0.6) is 0 Å². The van der Waals surface area contributed by atoms with Gasteiger partial charge in [-0.15, -0.1) is 35.4 Å². The summed E-state index contributed by atoms with van der Waals surface area (Å²) in [5, 5.41) is 5.03. The van der Waals surface area contributed by atoms with Crippen LogP contribution in [0.3, 0.4) is 0 Å². The molecule has 0 amide bonds. The van der Waals surface area contributed by atoms with Gasteiger partial charge in [-0.1, -0.05) is 37.3 Å². The summed E-state index contributed by atoms with van der Waals surface area (Å²) in [5.74, 6) is 0. The van der Waals surface area contributed by atoms with Gasteiger partial charge in [-0.2, -0.15) is 0 Å². The predicted octanol–water partition coefficient (Wildman–Crippen LogP) is 5.47. The van der Waals surface area contributed by atoms with Crippen molar-refractivity contribution in [3.63, 3.8) is 0 Å². The second-order valence-electron chi connectivity index (χ2n) is 5.77. The van der Waals surface area contributed by atoms with Crippen LogP contribution in [0.2, 0.25) is 0 Å². The van der Waals surface area contributed by atoms with Crippen LogP contribution in [0.1, 0.15) is 11.1 Å². The topological polar surface area (TPSA) is 12.9 Å². The van der Waals surface area contributed by atoms with Crippen LogP contribution in [-0.4, -0.2) is 4.98 Å². The molecule has 2 heteroatoms. The summed E-state index contributed by atoms with van der Waals surface area (Å²) in [6.07, 6.45) is 1.90. The van der Waals surface area contributed by atoms with Gasteiger partial charge in [0, 0.05) is 26.3 Å². The van der Waals surface area contributed by atoms with Gasteiger partial charge in [0.25, 0.3) is 0 Å². The molecule has 1 aromatic heterocycles. The van der Waals surface area contributed by atoms with E-state index in [2.05, 4.69) is 73.4 Å². The third-order valence-corrected chi connectivity index (χ3v) is 4.22. The molecule has 3 aromatic carbocycles. The molecule has 0 atom stereocenters. The Kier molecular flexibility index (Phi) is 4.30. The number of fused-ring (bicyclic) bond motifs is 3. The summed E-state index contributed by atoms with van der Waals surface area (Å²) in [4.78, 5) is 4.62. The van der Waals surface area contributed by atoms with Gasteiger partial charge in [0.1, 0.15) is 0 Å². The molecule has 0 aliphatic heterocycles. The Morgan fingerprint density at radius 1 is 0.826 bits per heavy atom. The van der Waals surface area contributed by atoms with Crippen molar-refractivity contribution in [2.24, 2.45) is 0 Å². The molecule has 1 heterocycles. The number of hydrogen-bond acceptors (Lipinski definition) is 1. The molecule has 0 saturated carbocycles. The Balaban J connectivity index is 0.00000156. The molecule has 4 rings (SSSR count). The molecule has 0 N–H and O–H groups in total. The van der Waals surface area contributed by atoms with Crippen molar-refractivity contribution in [3.8, 4) is 11.3 Å². The zero-order valence-electron chi connectivity index (χ0n) is 13.1. The average Bonchev–Trinajstić information content (AvgIpc) is 2.56. The monoisotopic (exact) mass is 475 g/mol. The number of hydrogen-bond donors (Lipinski definition) is 0. The van der Waals surface area contributed by atoms with Gasteiger partial charge in [-0.25, -0.2) is 0 Å². The quantitative estimate of drug-likeness (QED) is 0.263. The molecule has 115 valence electrons. The summed E-state index contributed by atoms with van der Waals surface area (Å²) in [6.45, 7) is 4.24. The van der Waals surface area contributed by atoms with Gasteiger partial charge < -0.3 is 4.98 Å². The zero-order valence-corrected chi connectivity index (χ0v) is 15.4. The maximum Gasteiger partial charge on any atom is 0.0167 e. The van der Waals surface area contributed by atoms with E-state index in [1.54, 1.807) is 0 Å². The van der Waals surface area contributed by atoms with Crippen LogP contribution < -0.4 is 0 Å². The molecule has 4 aromatic rings. The summed E-state index contributed by atoms with van der Waals surface area (Å²) in [6, 6.07) is 22.5. The molecule has 0 aliphatic carbocycles. The summed E-state index contributed by atoms with van der Waals surface area (Å²) in [5.41, 5.74) is 4.55. The van der Waals surface area contributed by atoms with E-state index < -0.39 is 0 Å². The fourth-order valence-corrected chi connectivity index (χ4v) is 3.07. The van der Waals surface area contributed by atoms with Crippen molar-refractivity contribution in [1.82, 2.24) is 4.98 Å². The van der Waals surface area contributed by atoms with Gasteiger partial charge in [-0.05, 0) is 45.8 Å². The van der Waals surface area contributed by atoms with Gasteiger partial charge in [0.2, 0.25) is 0 Å². The van der Waals surface area contributed by atoms with Gasteiger partial charge >= 0.3 is 0 Å². The van der Waals surface area contributed by atoms with Crippen molar-refractivity contribution >= 4 is 21.5 Å². The van der Waals surface area contributed by atoms with Crippen molar-refractivity contribution in [3.05, 3.63) is 78.0 Å². The zero-order chi connectivity index (χ0) is 15.1. The summed E-state index contributed by atoms with van der Waals surface area (Å²) in [7, 11) is 0. The minimum absolute atomic E-state index is 0. The summed E-state index contributed by atoms with van der Waals surface area (Å²) >= 11 is 0. The van der Waals surface area contributed by atoms with Crippen LogP contribution in [0.25, 0.3) is 32.8 Å². The molecule has 0 unspecified atom stereocenters. The second-order valence-corrected chi connectivity index (χ2v) is 5.77. The molecule has 1 radical (unpaired) electrons. The second kappa shape index (κ2) is 6.23. The van der Waals surface area contributed by atoms with Crippen molar-refractivity contribution < 1.29 is 20.1 Å². The molecule has 0 fully saturated rings. The SMILES string of the molecule is Cc1c[c-]c(-c2nccc3c2cc(C)c2ccccc23)cc1.[Ir]. The van der Waals surface area contributed by atoms with Crippen molar-refractivity contribution in [1.29, 1.82) is 0 Å². The van der Waals surface area contributed by atoms with Crippen LogP contribution >= 0.6 is 0 Å². The van der Waals surface area contributed by atoms with E-state index in [1.165, 1.54) is 32.7 Å². The minimum atomic E-state index is 0. The van der Waals surface area contributed by atoms with Crippen LogP contribution in [0, 0.1) is 19.9 Å². The average molecular weight is 475 g/mol.